The molecule has 0 bridgehead atoms. The van der Waals surface area contributed by atoms with Gasteiger partial charge < -0.3 is 4.74 Å². The van der Waals surface area contributed by atoms with Gasteiger partial charge in [0.1, 0.15) is 0 Å². The number of carbonyl (C=O) groups is 1. The van der Waals surface area contributed by atoms with Crippen molar-refractivity contribution in [1.82, 2.24) is 0 Å². The predicted molar refractivity (Wildman–Crippen MR) is 61.6 cm³/mol. The van der Waals surface area contributed by atoms with E-state index in [2.05, 4.69) is 6.92 Å². The van der Waals surface area contributed by atoms with Gasteiger partial charge in [0.05, 0.1) is 7.11 Å². The molecule has 0 aromatic rings. The summed E-state index contributed by atoms with van der Waals surface area (Å²) in [4.78, 5) is 11.6. The summed E-state index contributed by atoms with van der Waals surface area (Å²) in [5.74, 6) is 0.323. The number of hydrogen-bond acceptors (Lipinski definition) is 2. The molecule has 1 aliphatic carbocycles. The van der Waals surface area contributed by atoms with Gasteiger partial charge in [-0.1, -0.05) is 38.7 Å². The van der Waals surface area contributed by atoms with Gasteiger partial charge in [-0.2, -0.15) is 0 Å². The largest absolute Gasteiger partial charge is 0.466 e. The maximum atomic E-state index is 11.6. The average Bonchev–Trinajstić information content (AvgIpc) is 2.53. The highest BCUT2D eigenvalue weighted by atomic mass is 16.5. The Hall–Kier alpha value is -0.790. The van der Waals surface area contributed by atoms with Crippen LogP contribution in [0.1, 0.15) is 51.9 Å². The molecule has 0 unspecified atom stereocenters. The minimum atomic E-state index is -0.122. The van der Waals surface area contributed by atoms with Gasteiger partial charge in [0.15, 0.2) is 0 Å². The van der Waals surface area contributed by atoms with Crippen LogP contribution in [0.3, 0.4) is 0 Å². The molecule has 1 saturated carbocycles. The van der Waals surface area contributed by atoms with Gasteiger partial charge >= 0.3 is 5.97 Å². The Kier molecular flexibility index (Phi) is 5.44. The van der Waals surface area contributed by atoms with Gasteiger partial charge in [-0.15, -0.1) is 0 Å². The molecule has 0 saturated heterocycles. The highest BCUT2D eigenvalue weighted by Gasteiger charge is 2.22. The second-order valence-electron chi connectivity index (χ2n) is 4.25. The highest BCUT2D eigenvalue weighted by Crippen LogP contribution is 2.29. The van der Waals surface area contributed by atoms with Crippen LogP contribution >= 0.6 is 0 Å². The third kappa shape index (κ3) is 3.69. The molecule has 0 atom stereocenters. The molecule has 0 aromatic heterocycles. The van der Waals surface area contributed by atoms with Crippen LogP contribution in [0, 0.1) is 5.92 Å². The van der Waals surface area contributed by atoms with E-state index in [4.69, 9.17) is 4.74 Å². The number of esters is 1. The number of carbonyl (C=O) groups excluding carboxylic acids is 1. The van der Waals surface area contributed by atoms with Crippen molar-refractivity contribution in [3.05, 3.63) is 11.6 Å². The summed E-state index contributed by atoms with van der Waals surface area (Å²) < 4.78 is 4.85. The first-order valence-corrected chi connectivity index (χ1v) is 6.08. The lowest BCUT2D eigenvalue weighted by Crippen LogP contribution is -2.14. The number of methoxy groups -OCH3 is 1. The van der Waals surface area contributed by atoms with E-state index in [0.29, 0.717) is 5.92 Å². The van der Waals surface area contributed by atoms with Gasteiger partial charge in [0.2, 0.25) is 0 Å². The molecule has 86 valence electrons. The summed E-state index contributed by atoms with van der Waals surface area (Å²) in [5, 5.41) is 0. The van der Waals surface area contributed by atoms with Crippen LogP contribution < -0.4 is 0 Å². The number of allylic oxidation sites excluding steroid dienone is 1. The van der Waals surface area contributed by atoms with E-state index in [1.165, 1.54) is 32.8 Å². The minimum Gasteiger partial charge on any atom is -0.466 e. The molecule has 0 aliphatic heterocycles. The van der Waals surface area contributed by atoms with Crippen molar-refractivity contribution in [2.45, 2.75) is 51.9 Å². The molecule has 0 radical (unpaired) electrons. The second-order valence-corrected chi connectivity index (χ2v) is 4.25. The normalized spacial score (nSPS) is 19.7. The Balaban J connectivity index is 2.69. The average molecular weight is 210 g/mol. The van der Waals surface area contributed by atoms with E-state index in [-0.39, 0.29) is 5.97 Å². The third-order valence-electron chi connectivity index (χ3n) is 3.14. The number of hydrogen-bond donors (Lipinski definition) is 0. The second kappa shape index (κ2) is 6.65. The smallest absolute Gasteiger partial charge is 0.333 e. The van der Waals surface area contributed by atoms with E-state index in [9.17, 15) is 4.79 Å². The Morgan fingerprint density at radius 2 is 1.87 bits per heavy atom. The molecular weight excluding hydrogens is 188 g/mol. The molecule has 0 spiro atoms. The van der Waals surface area contributed by atoms with Crippen molar-refractivity contribution in [2.75, 3.05) is 7.11 Å². The van der Waals surface area contributed by atoms with E-state index in [1.807, 2.05) is 6.08 Å². The molecular formula is C13H22O2. The van der Waals surface area contributed by atoms with Crippen LogP contribution in [-0.4, -0.2) is 13.1 Å². The number of ether oxygens (including phenoxy) is 1. The Labute approximate surface area is 92.7 Å². The molecule has 2 nitrogen and oxygen atoms in total. The zero-order valence-electron chi connectivity index (χ0n) is 9.92. The quantitative estimate of drug-likeness (QED) is 0.405. The van der Waals surface area contributed by atoms with E-state index in [1.54, 1.807) is 0 Å². The molecule has 0 amide bonds. The first kappa shape index (κ1) is 12.3. The molecule has 0 N–H and O–H groups in total. The van der Waals surface area contributed by atoms with Gasteiger partial charge in [-0.3, -0.25) is 0 Å². The lowest BCUT2D eigenvalue weighted by atomic mass is 9.91. The van der Waals surface area contributed by atoms with Crippen LogP contribution in [0.2, 0.25) is 0 Å². The maximum Gasteiger partial charge on any atom is 0.333 e. The molecule has 15 heavy (non-hydrogen) atoms. The lowest BCUT2D eigenvalue weighted by Gasteiger charge is -2.16. The molecule has 1 rings (SSSR count). The summed E-state index contributed by atoms with van der Waals surface area (Å²) in [7, 11) is 1.47. The molecule has 1 fully saturated rings. The summed E-state index contributed by atoms with van der Waals surface area (Å²) in [6.07, 6.45) is 10.4. The van der Waals surface area contributed by atoms with Crippen molar-refractivity contribution in [2.24, 2.45) is 5.92 Å². The Morgan fingerprint density at radius 1 is 1.27 bits per heavy atom. The van der Waals surface area contributed by atoms with Crippen LogP contribution in [0.25, 0.3) is 0 Å². The summed E-state index contributed by atoms with van der Waals surface area (Å²) in [6.45, 7) is 2.07. The first-order chi connectivity index (χ1) is 7.29. The zero-order chi connectivity index (χ0) is 11.1. The fourth-order valence-electron chi connectivity index (χ4n) is 2.34. The minimum absolute atomic E-state index is 0.122. The molecule has 2 heteroatoms. The standard InChI is InChI=1S/C13H22O2/c1-3-8-12(13(14)15-2)11-9-6-4-5-7-10-11/h8,11H,3-7,9-10H2,1-2H3. The fourth-order valence-corrected chi connectivity index (χ4v) is 2.34. The van der Waals surface area contributed by atoms with Crippen molar-refractivity contribution >= 4 is 5.97 Å². The van der Waals surface area contributed by atoms with Crippen molar-refractivity contribution in [1.29, 1.82) is 0 Å². The first-order valence-electron chi connectivity index (χ1n) is 6.08. The van der Waals surface area contributed by atoms with E-state index >= 15 is 0 Å². The van der Waals surface area contributed by atoms with E-state index < -0.39 is 0 Å². The zero-order valence-corrected chi connectivity index (χ0v) is 9.92. The summed E-state index contributed by atoms with van der Waals surface area (Å²) >= 11 is 0. The van der Waals surface area contributed by atoms with Gasteiger partial charge in [-0.25, -0.2) is 4.79 Å². The van der Waals surface area contributed by atoms with Crippen molar-refractivity contribution in [3.8, 4) is 0 Å². The summed E-state index contributed by atoms with van der Waals surface area (Å²) in [6, 6.07) is 0. The monoisotopic (exact) mass is 210 g/mol. The predicted octanol–water partition coefficient (Wildman–Crippen LogP) is 3.47. The molecule has 1 aliphatic rings. The number of rotatable bonds is 3. The van der Waals surface area contributed by atoms with Gasteiger partial charge in [-0.05, 0) is 25.2 Å². The molecule has 0 aromatic carbocycles. The van der Waals surface area contributed by atoms with Crippen molar-refractivity contribution in [3.63, 3.8) is 0 Å². The van der Waals surface area contributed by atoms with Crippen LogP contribution in [0.5, 0.6) is 0 Å². The fraction of sp³-hybridized carbons (Fsp3) is 0.769. The maximum absolute atomic E-state index is 11.6. The van der Waals surface area contributed by atoms with Gasteiger partial charge in [0, 0.05) is 5.57 Å². The summed E-state index contributed by atoms with van der Waals surface area (Å²) in [5.41, 5.74) is 0.918. The Bertz CT molecular complexity index is 223. The van der Waals surface area contributed by atoms with Crippen molar-refractivity contribution < 1.29 is 9.53 Å². The Morgan fingerprint density at radius 3 is 2.33 bits per heavy atom. The van der Waals surface area contributed by atoms with Crippen LogP contribution in [0.15, 0.2) is 11.6 Å². The van der Waals surface area contributed by atoms with Crippen LogP contribution in [0.4, 0.5) is 0 Å². The molecule has 0 heterocycles. The lowest BCUT2D eigenvalue weighted by molar-refractivity contribution is -0.136. The third-order valence-corrected chi connectivity index (χ3v) is 3.14. The van der Waals surface area contributed by atoms with E-state index in [0.717, 1.165) is 24.8 Å². The van der Waals surface area contributed by atoms with Crippen LogP contribution in [-0.2, 0) is 9.53 Å². The van der Waals surface area contributed by atoms with Gasteiger partial charge in [0.25, 0.3) is 0 Å². The SMILES string of the molecule is CCC=C(C(=O)OC)C1CCCCCC1. The highest BCUT2D eigenvalue weighted by molar-refractivity contribution is 5.88. The topological polar surface area (TPSA) is 26.3 Å².